The number of amides is 1. The van der Waals surface area contributed by atoms with Gasteiger partial charge in [-0.05, 0) is 18.4 Å². The second-order valence-electron chi connectivity index (χ2n) is 8.59. The molecule has 0 spiro atoms. The average Bonchev–Trinajstić information content (AvgIpc) is 3.44. The molecule has 2 atom stereocenters. The van der Waals surface area contributed by atoms with Gasteiger partial charge in [0.1, 0.15) is 0 Å². The lowest BCUT2D eigenvalue weighted by Crippen LogP contribution is -2.48. The minimum Gasteiger partial charge on any atom is -0.379 e. The molecule has 0 bridgehead atoms. The van der Waals surface area contributed by atoms with E-state index in [2.05, 4.69) is 21.6 Å². The fraction of sp³-hybridized carbons (Fsp3) is 0.455. The third kappa shape index (κ3) is 4.76. The molecule has 180 valence electrons. The average molecular weight is 485 g/mol. The number of nitrogens with one attached hydrogen (secondary N) is 1. The van der Waals surface area contributed by atoms with Crippen LogP contribution in [0.25, 0.3) is 16.6 Å². The fourth-order valence-electron chi connectivity index (χ4n) is 4.44. The number of aryl methyl sites for hydroxylation is 1. The van der Waals surface area contributed by atoms with Gasteiger partial charge >= 0.3 is 0 Å². The molecule has 3 aromatic heterocycles. The zero-order valence-electron chi connectivity index (χ0n) is 19.2. The molecule has 11 nitrogen and oxygen atoms in total. The second kappa shape index (κ2) is 9.44. The number of aromatic nitrogens is 4. The van der Waals surface area contributed by atoms with Crippen LogP contribution in [-0.4, -0.2) is 63.4 Å². The molecule has 0 saturated carbocycles. The highest BCUT2D eigenvalue weighted by Gasteiger charge is 2.33. The van der Waals surface area contributed by atoms with Gasteiger partial charge in [0.05, 0.1) is 54.5 Å². The molecule has 12 heteroatoms. The van der Waals surface area contributed by atoms with Crippen LogP contribution in [0, 0.1) is 17.2 Å². The van der Waals surface area contributed by atoms with E-state index in [4.69, 9.17) is 11.0 Å². The van der Waals surface area contributed by atoms with Crippen LogP contribution in [0.1, 0.15) is 36.5 Å². The summed E-state index contributed by atoms with van der Waals surface area (Å²) in [5, 5.41) is 21.0. The van der Waals surface area contributed by atoms with Crippen molar-refractivity contribution in [3.8, 4) is 17.2 Å². The van der Waals surface area contributed by atoms with Gasteiger partial charge in [0, 0.05) is 42.7 Å². The molecule has 1 fully saturated rings. The molecule has 4 rings (SSSR count). The normalized spacial score (nSPS) is 19.2. The SMILES string of the molecule is CC[C@H]1CN(S(C)(=O)=O)CC[C@H]1Nc1c(C(N)=O)cnn2cc(-c3cnn(CCC#N)c3)cc12. The van der Waals surface area contributed by atoms with Crippen molar-refractivity contribution in [3.05, 3.63) is 36.4 Å². The molecule has 3 N–H and O–H groups in total. The van der Waals surface area contributed by atoms with Gasteiger partial charge in [-0.15, -0.1) is 0 Å². The number of nitrogens with two attached hydrogens (primary N) is 1. The molecule has 0 aromatic carbocycles. The van der Waals surface area contributed by atoms with E-state index in [0.29, 0.717) is 43.7 Å². The van der Waals surface area contributed by atoms with Crippen molar-refractivity contribution < 1.29 is 13.2 Å². The number of hydrogen-bond donors (Lipinski definition) is 2. The van der Waals surface area contributed by atoms with Gasteiger partial charge in [-0.3, -0.25) is 9.48 Å². The van der Waals surface area contributed by atoms with Crippen LogP contribution >= 0.6 is 0 Å². The van der Waals surface area contributed by atoms with Crippen LogP contribution in [0.2, 0.25) is 0 Å². The summed E-state index contributed by atoms with van der Waals surface area (Å²) in [4.78, 5) is 12.2. The quantitative estimate of drug-likeness (QED) is 0.493. The van der Waals surface area contributed by atoms with E-state index >= 15 is 0 Å². The van der Waals surface area contributed by atoms with Crippen LogP contribution in [0.4, 0.5) is 5.69 Å². The molecule has 34 heavy (non-hydrogen) atoms. The van der Waals surface area contributed by atoms with Crippen LogP contribution < -0.4 is 11.1 Å². The monoisotopic (exact) mass is 484 g/mol. The highest BCUT2D eigenvalue weighted by molar-refractivity contribution is 7.88. The Bertz CT molecular complexity index is 1350. The maximum absolute atomic E-state index is 12.2. The number of hydrogen-bond acceptors (Lipinski definition) is 7. The number of primary amides is 1. The molecular weight excluding hydrogens is 456 g/mol. The number of anilines is 1. The highest BCUT2D eigenvalue weighted by atomic mass is 32.2. The Morgan fingerprint density at radius 3 is 2.76 bits per heavy atom. The maximum Gasteiger partial charge on any atom is 0.252 e. The summed E-state index contributed by atoms with van der Waals surface area (Å²) >= 11 is 0. The standard InChI is InChI=1S/C22H28N8O3S/c1-3-15-13-29(34(2,32)33)8-5-19(15)27-21-18(22(24)31)11-26-30-14-16(9-20(21)30)17-10-25-28(12-17)7-4-6-23/h9-12,14-15,19,27H,3-5,7-8,13H2,1-2H3,(H2,24,31)/t15-,19+/m0/s1. The maximum atomic E-state index is 12.2. The van der Waals surface area contributed by atoms with Crippen LogP contribution in [-0.2, 0) is 16.6 Å². The Morgan fingerprint density at radius 2 is 2.09 bits per heavy atom. The summed E-state index contributed by atoms with van der Waals surface area (Å²) < 4.78 is 29.0. The van der Waals surface area contributed by atoms with E-state index in [-0.39, 0.29) is 17.5 Å². The lowest BCUT2D eigenvalue weighted by Gasteiger charge is -2.38. The van der Waals surface area contributed by atoms with Crippen LogP contribution in [0.5, 0.6) is 0 Å². The summed E-state index contributed by atoms with van der Waals surface area (Å²) in [6.07, 6.45) is 9.88. The van der Waals surface area contributed by atoms with Gasteiger partial charge in [-0.25, -0.2) is 17.2 Å². The van der Waals surface area contributed by atoms with E-state index in [1.54, 1.807) is 15.4 Å². The van der Waals surface area contributed by atoms with Gasteiger partial charge in [0.15, 0.2) is 0 Å². The van der Waals surface area contributed by atoms with Gasteiger partial charge in [-0.1, -0.05) is 13.3 Å². The number of sulfonamides is 1. The van der Waals surface area contributed by atoms with Gasteiger partial charge in [0.2, 0.25) is 10.0 Å². The number of nitriles is 1. The summed E-state index contributed by atoms with van der Waals surface area (Å²) in [5.41, 5.74) is 8.95. The molecule has 1 saturated heterocycles. The second-order valence-corrected chi connectivity index (χ2v) is 10.6. The molecule has 3 aromatic rings. The number of carbonyl (C=O) groups excluding carboxylic acids is 1. The van der Waals surface area contributed by atoms with Crippen molar-refractivity contribution >= 4 is 27.1 Å². The number of piperidine rings is 1. The lowest BCUT2D eigenvalue weighted by atomic mass is 9.90. The van der Waals surface area contributed by atoms with E-state index in [1.807, 2.05) is 25.4 Å². The molecular formula is C22H28N8O3S. The van der Waals surface area contributed by atoms with Crippen molar-refractivity contribution in [2.45, 2.75) is 38.8 Å². The van der Waals surface area contributed by atoms with Gasteiger partial charge < -0.3 is 11.1 Å². The fourth-order valence-corrected chi connectivity index (χ4v) is 5.34. The largest absolute Gasteiger partial charge is 0.379 e. The topological polar surface area (TPSA) is 151 Å². The van der Waals surface area contributed by atoms with Crippen molar-refractivity contribution in [3.63, 3.8) is 0 Å². The Kier molecular flexibility index (Phi) is 6.58. The zero-order chi connectivity index (χ0) is 24.5. The molecule has 0 radical (unpaired) electrons. The number of rotatable bonds is 8. The van der Waals surface area contributed by atoms with E-state index in [9.17, 15) is 13.2 Å². The summed E-state index contributed by atoms with van der Waals surface area (Å²) in [5.74, 6) is -0.517. The molecule has 1 amide bonds. The first-order valence-electron chi connectivity index (χ1n) is 11.1. The molecule has 0 aliphatic carbocycles. The smallest absolute Gasteiger partial charge is 0.252 e. The van der Waals surface area contributed by atoms with Crippen LogP contribution in [0.15, 0.2) is 30.9 Å². The molecule has 1 aliphatic rings. The molecule has 0 unspecified atom stereocenters. The first-order valence-corrected chi connectivity index (χ1v) is 13.0. The first-order chi connectivity index (χ1) is 16.2. The summed E-state index contributed by atoms with van der Waals surface area (Å²) in [6.45, 7) is 3.37. The minimum atomic E-state index is -3.26. The molecule has 4 heterocycles. The zero-order valence-corrected chi connectivity index (χ0v) is 20.0. The van der Waals surface area contributed by atoms with Crippen molar-refractivity contribution in [1.29, 1.82) is 5.26 Å². The van der Waals surface area contributed by atoms with E-state index in [1.165, 1.54) is 16.8 Å². The predicted octanol–water partition coefficient (Wildman–Crippen LogP) is 1.68. The first kappa shape index (κ1) is 23.7. The number of fused-ring (bicyclic) bond motifs is 1. The summed E-state index contributed by atoms with van der Waals surface area (Å²) in [6, 6.07) is 3.99. The van der Waals surface area contributed by atoms with Crippen molar-refractivity contribution in [1.82, 2.24) is 23.7 Å². The number of nitrogens with zero attached hydrogens (tertiary/aromatic N) is 6. The van der Waals surface area contributed by atoms with Crippen LogP contribution in [0.3, 0.4) is 0 Å². The third-order valence-electron chi connectivity index (χ3n) is 6.34. The van der Waals surface area contributed by atoms with Gasteiger partial charge in [-0.2, -0.15) is 15.5 Å². The predicted molar refractivity (Wildman–Crippen MR) is 127 cm³/mol. The lowest BCUT2D eigenvalue weighted by molar-refractivity contribution is 0.100. The minimum absolute atomic E-state index is 0.0284. The Hall–Kier alpha value is -3.43. The number of carbonyl (C=O) groups is 1. The Balaban J connectivity index is 1.68. The van der Waals surface area contributed by atoms with Gasteiger partial charge in [0.25, 0.3) is 5.91 Å². The highest BCUT2D eigenvalue weighted by Crippen LogP contribution is 2.32. The Labute approximate surface area is 198 Å². The van der Waals surface area contributed by atoms with Crippen molar-refractivity contribution in [2.24, 2.45) is 11.7 Å². The summed E-state index contributed by atoms with van der Waals surface area (Å²) in [7, 11) is -3.26. The van der Waals surface area contributed by atoms with Crippen molar-refractivity contribution in [2.75, 3.05) is 24.7 Å². The van der Waals surface area contributed by atoms with E-state index in [0.717, 1.165) is 17.5 Å². The Morgan fingerprint density at radius 1 is 1.29 bits per heavy atom. The molecule has 1 aliphatic heterocycles. The van der Waals surface area contributed by atoms with E-state index < -0.39 is 15.9 Å². The third-order valence-corrected chi connectivity index (χ3v) is 7.61.